The summed E-state index contributed by atoms with van der Waals surface area (Å²) >= 11 is 0. The fraction of sp³-hybridized carbons (Fsp3) is 0. The maximum Gasteiger partial charge on any atom is 0.274 e. The lowest BCUT2D eigenvalue weighted by atomic mass is 10.2. The van der Waals surface area contributed by atoms with Crippen molar-refractivity contribution in [2.24, 2.45) is 0 Å². The first-order valence-electron chi connectivity index (χ1n) is 7.45. The molecule has 122 valence electrons. The Bertz CT molecular complexity index is 948. The van der Waals surface area contributed by atoms with Gasteiger partial charge in [-0.25, -0.2) is 9.37 Å². The molecule has 25 heavy (non-hydrogen) atoms. The van der Waals surface area contributed by atoms with Crippen molar-refractivity contribution in [2.75, 3.05) is 10.6 Å². The van der Waals surface area contributed by atoms with E-state index in [-0.39, 0.29) is 11.5 Å². The van der Waals surface area contributed by atoms with E-state index in [0.717, 1.165) is 0 Å². The second kappa shape index (κ2) is 7.23. The number of halogens is 1. The monoisotopic (exact) mass is 332 g/mol. The van der Waals surface area contributed by atoms with Gasteiger partial charge in [0.2, 0.25) is 0 Å². The van der Waals surface area contributed by atoms with Gasteiger partial charge in [-0.15, -0.1) is 0 Å². The van der Waals surface area contributed by atoms with Crippen molar-refractivity contribution in [2.45, 2.75) is 0 Å². The van der Waals surface area contributed by atoms with Gasteiger partial charge in [0.15, 0.2) is 0 Å². The molecule has 0 aliphatic rings. The summed E-state index contributed by atoms with van der Waals surface area (Å²) in [7, 11) is 0. The predicted molar refractivity (Wildman–Crippen MR) is 93.0 cm³/mol. The summed E-state index contributed by atoms with van der Waals surface area (Å²) in [6, 6.07) is 18.0. The first kappa shape index (κ1) is 16.1. The van der Waals surface area contributed by atoms with Gasteiger partial charge in [-0.3, -0.25) is 4.79 Å². The van der Waals surface area contributed by atoms with Crippen molar-refractivity contribution in [1.82, 2.24) is 4.98 Å². The Morgan fingerprint density at radius 1 is 1.04 bits per heavy atom. The SMILES string of the molecule is N#Cc1ccccc1NC(=O)c1ccc(Nc2cccc(F)c2)cn1. The van der Waals surface area contributed by atoms with Gasteiger partial charge in [0, 0.05) is 5.69 Å². The molecule has 0 aliphatic carbocycles. The lowest BCUT2D eigenvalue weighted by molar-refractivity contribution is 0.102. The number of nitrogens with zero attached hydrogens (tertiary/aromatic N) is 2. The highest BCUT2D eigenvalue weighted by molar-refractivity contribution is 6.03. The van der Waals surface area contributed by atoms with Crippen molar-refractivity contribution < 1.29 is 9.18 Å². The van der Waals surface area contributed by atoms with Gasteiger partial charge in [0.25, 0.3) is 5.91 Å². The van der Waals surface area contributed by atoms with Crippen LogP contribution in [0.15, 0.2) is 66.9 Å². The van der Waals surface area contributed by atoms with Gasteiger partial charge >= 0.3 is 0 Å². The molecule has 0 unspecified atom stereocenters. The van der Waals surface area contributed by atoms with E-state index in [4.69, 9.17) is 5.26 Å². The quantitative estimate of drug-likeness (QED) is 0.754. The minimum atomic E-state index is -0.417. The lowest BCUT2D eigenvalue weighted by Gasteiger charge is -2.08. The van der Waals surface area contributed by atoms with Crippen LogP contribution in [-0.4, -0.2) is 10.9 Å². The van der Waals surface area contributed by atoms with E-state index in [0.29, 0.717) is 22.6 Å². The van der Waals surface area contributed by atoms with Crippen LogP contribution in [0, 0.1) is 17.1 Å². The highest BCUT2D eigenvalue weighted by atomic mass is 19.1. The van der Waals surface area contributed by atoms with E-state index in [1.54, 1.807) is 48.5 Å². The molecule has 2 N–H and O–H groups in total. The van der Waals surface area contributed by atoms with E-state index in [2.05, 4.69) is 15.6 Å². The second-order valence-electron chi connectivity index (χ2n) is 5.18. The molecule has 0 spiro atoms. The number of aromatic nitrogens is 1. The number of para-hydroxylation sites is 1. The number of pyridine rings is 1. The molecule has 0 aliphatic heterocycles. The van der Waals surface area contributed by atoms with Gasteiger partial charge in [-0.2, -0.15) is 5.26 Å². The summed E-state index contributed by atoms with van der Waals surface area (Å²) in [4.78, 5) is 16.3. The molecule has 0 atom stereocenters. The second-order valence-corrected chi connectivity index (χ2v) is 5.18. The molecule has 3 rings (SSSR count). The largest absolute Gasteiger partial charge is 0.354 e. The van der Waals surface area contributed by atoms with E-state index < -0.39 is 5.91 Å². The van der Waals surface area contributed by atoms with Crippen molar-refractivity contribution in [3.05, 3.63) is 83.9 Å². The summed E-state index contributed by atoms with van der Waals surface area (Å²) in [5.41, 5.74) is 2.22. The Morgan fingerprint density at radius 2 is 1.88 bits per heavy atom. The molecular weight excluding hydrogens is 319 g/mol. The number of rotatable bonds is 4. The van der Waals surface area contributed by atoms with Gasteiger partial charge < -0.3 is 10.6 Å². The van der Waals surface area contributed by atoms with Gasteiger partial charge in [0.05, 0.1) is 23.1 Å². The van der Waals surface area contributed by atoms with Crippen molar-refractivity contribution >= 4 is 23.0 Å². The molecule has 0 radical (unpaired) electrons. The van der Waals surface area contributed by atoms with Crippen LogP contribution in [0.25, 0.3) is 0 Å². The molecule has 0 fully saturated rings. The highest BCUT2D eigenvalue weighted by Gasteiger charge is 2.10. The van der Waals surface area contributed by atoms with Crippen LogP contribution in [-0.2, 0) is 0 Å². The third-order valence-corrected chi connectivity index (χ3v) is 3.41. The van der Waals surface area contributed by atoms with Gasteiger partial charge in [-0.05, 0) is 42.5 Å². The number of nitriles is 1. The number of carbonyl (C=O) groups is 1. The number of amides is 1. The van der Waals surface area contributed by atoms with Crippen LogP contribution < -0.4 is 10.6 Å². The molecule has 0 bridgehead atoms. The van der Waals surface area contributed by atoms with Gasteiger partial charge in [-0.1, -0.05) is 18.2 Å². The number of carbonyl (C=O) groups excluding carboxylic acids is 1. The topological polar surface area (TPSA) is 77.8 Å². The summed E-state index contributed by atoms with van der Waals surface area (Å²) in [6.07, 6.45) is 1.48. The number of benzene rings is 2. The van der Waals surface area contributed by atoms with E-state index >= 15 is 0 Å². The number of hydrogen-bond donors (Lipinski definition) is 2. The summed E-state index contributed by atoms with van der Waals surface area (Å²) in [5, 5.41) is 14.7. The Hall–Kier alpha value is -3.72. The van der Waals surface area contributed by atoms with Crippen LogP contribution >= 0.6 is 0 Å². The molecule has 1 heterocycles. The molecule has 6 heteroatoms. The standard InChI is InChI=1S/C19H13FN4O/c20-14-5-3-6-15(10-14)23-16-8-9-18(22-12-16)19(25)24-17-7-2-1-4-13(17)11-21/h1-10,12,23H,(H,24,25). The lowest BCUT2D eigenvalue weighted by Crippen LogP contribution is -2.14. The Kier molecular flexibility index (Phi) is 4.67. The third-order valence-electron chi connectivity index (χ3n) is 3.41. The predicted octanol–water partition coefficient (Wildman–Crippen LogP) is 4.09. The zero-order valence-corrected chi connectivity index (χ0v) is 13.0. The summed E-state index contributed by atoms with van der Waals surface area (Å²) in [5.74, 6) is -0.759. The third kappa shape index (κ3) is 3.98. The first-order valence-corrected chi connectivity index (χ1v) is 7.45. The minimum absolute atomic E-state index is 0.206. The maximum atomic E-state index is 13.2. The number of nitrogens with one attached hydrogen (secondary N) is 2. The molecule has 0 saturated heterocycles. The van der Waals surface area contributed by atoms with Crippen molar-refractivity contribution in [3.63, 3.8) is 0 Å². The normalized spacial score (nSPS) is 9.92. The summed E-state index contributed by atoms with van der Waals surface area (Å²) < 4.78 is 13.2. The Labute approximate surface area is 143 Å². The minimum Gasteiger partial charge on any atom is -0.354 e. The average Bonchev–Trinajstić information content (AvgIpc) is 2.63. The van der Waals surface area contributed by atoms with Crippen LogP contribution in [0.5, 0.6) is 0 Å². The highest BCUT2D eigenvalue weighted by Crippen LogP contribution is 2.18. The van der Waals surface area contributed by atoms with E-state index in [1.807, 2.05) is 6.07 Å². The molecule has 2 aromatic carbocycles. The Morgan fingerprint density at radius 3 is 2.60 bits per heavy atom. The number of anilines is 3. The summed E-state index contributed by atoms with van der Waals surface area (Å²) in [6.45, 7) is 0. The zero-order chi connectivity index (χ0) is 17.6. The molecule has 3 aromatic rings. The van der Waals surface area contributed by atoms with Crippen LogP contribution in [0.3, 0.4) is 0 Å². The van der Waals surface area contributed by atoms with Crippen molar-refractivity contribution in [3.8, 4) is 6.07 Å². The Balaban J connectivity index is 1.71. The van der Waals surface area contributed by atoms with Crippen molar-refractivity contribution in [1.29, 1.82) is 5.26 Å². The fourth-order valence-electron chi connectivity index (χ4n) is 2.21. The molecule has 1 amide bonds. The molecule has 0 saturated carbocycles. The van der Waals surface area contributed by atoms with E-state index in [9.17, 15) is 9.18 Å². The average molecular weight is 332 g/mol. The van der Waals surface area contributed by atoms with Crippen LogP contribution in [0.1, 0.15) is 16.1 Å². The molecular formula is C19H13FN4O. The zero-order valence-electron chi connectivity index (χ0n) is 13.0. The molecule has 1 aromatic heterocycles. The maximum absolute atomic E-state index is 13.2. The number of hydrogen-bond acceptors (Lipinski definition) is 4. The van der Waals surface area contributed by atoms with E-state index in [1.165, 1.54) is 18.3 Å². The van der Waals surface area contributed by atoms with Gasteiger partial charge in [0.1, 0.15) is 17.6 Å². The smallest absolute Gasteiger partial charge is 0.274 e. The fourth-order valence-corrected chi connectivity index (χ4v) is 2.21. The first-order chi connectivity index (χ1) is 12.2. The van der Waals surface area contributed by atoms with Crippen LogP contribution in [0.4, 0.5) is 21.5 Å². The molecule has 5 nitrogen and oxygen atoms in total. The van der Waals surface area contributed by atoms with Crippen LogP contribution in [0.2, 0.25) is 0 Å².